The molecular formula is C16H27N3O4S. The number of rotatable bonds is 8. The molecule has 0 bridgehead atoms. The van der Waals surface area contributed by atoms with Crippen LogP contribution in [0.3, 0.4) is 0 Å². The van der Waals surface area contributed by atoms with Gasteiger partial charge in [-0.1, -0.05) is 34.1 Å². The van der Waals surface area contributed by atoms with Gasteiger partial charge >= 0.3 is 0 Å². The third-order valence-corrected chi connectivity index (χ3v) is 6.17. The molecule has 0 aromatic heterocycles. The smallest absolute Gasteiger partial charge is 0.243 e. The summed E-state index contributed by atoms with van der Waals surface area (Å²) < 4.78 is 26.4. The summed E-state index contributed by atoms with van der Waals surface area (Å²) >= 11 is 0. The summed E-state index contributed by atoms with van der Waals surface area (Å²) in [6, 6.07) is 3.08. The van der Waals surface area contributed by atoms with E-state index >= 15 is 0 Å². The van der Waals surface area contributed by atoms with E-state index in [4.69, 9.17) is 5.73 Å². The average molecular weight is 357 g/mol. The van der Waals surface area contributed by atoms with Crippen LogP contribution in [0, 0.1) is 5.92 Å². The Hall–Kier alpha value is -1.64. The second-order valence-electron chi connectivity index (χ2n) is 5.67. The number of phenols is 1. The third kappa shape index (κ3) is 4.46. The fraction of sp³-hybridized carbons (Fsp3) is 0.562. The lowest BCUT2D eigenvalue weighted by Gasteiger charge is -2.20. The number of hydrogen-bond donors (Lipinski definition) is 3. The van der Waals surface area contributed by atoms with E-state index in [1.807, 2.05) is 13.8 Å². The Bertz CT molecular complexity index is 672. The summed E-state index contributed by atoms with van der Waals surface area (Å²) in [7, 11) is -3.68. The fourth-order valence-corrected chi connectivity index (χ4v) is 3.70. The lowest BCUT2D eigenvalue weighted by molar-refractivity contribution is -0.118. The van der Waals surface area contributed by atoms with E-state index < -0.39 is 22.0 Å². The van der Waals surface area contributed by atoms with E-state index in [2.05, 4.69) is 5.32 Å². The Kier molecular flexibility index (Phi) is 7.19. The number of anilines is 1. The van der Waals surface area contributed by atoms with Crippen LogP contribution in [0.15, 0.2) is 23.1 Å². The van der Waals surface area contributed by atoms with E-state index in [-0.39, 0.29) is 22.3 Å². The third-order valence-electron chi connectivity index (χ3n) is 4.13. The largest absolute Gasteiger partial charge is 0.506 e. The van der Waals surface area contributed by atoms with E-state index in [1.54, 1.807) is 13.8 Å². The van der Waals surface area contributed by atoms with Gasteiger partial charge in [0.2, 0.25) is 15.9 Å². The molecule has 0 aliphatic rings. The van der Waals surface area contributed by atoms with Crippen molar-refractivity contribution in [2.24, 2.45) is 11.7 Å². The molecule has 7 nitrogen and oxygen atoms in total. The van der Waals surface area contributed by atoms with Gasteiger partial charge in [-0.25, -0.2) is 8.42 Å². The van der Waals surface area contributed by atoms with E-state index in [1.165, 1.54) is 22.5 Å². The zero-order valence-corrected chi connectivity index (χ0v) is 15.4. The van der Waals surface area contributed by atoms with Crippen molar-refractivity contribution in [1.29, 1.82) is 0 Å². The SMILES string of the molecule is CCC(C)C(N)C(=O)Nc1cc(S(=O)(=O)N(CC)CC)ccc1O. The lowest BCUT2D eigenvalue weighted by atomic mass is 9.99. The van der Waals surface area contributed by atoms with Crippen LogP contribution in [0.5, 0.6) is 5.75 Å². The molecule has 0 heterocycles. The highest BCUT2D eigenvalue weighted by atomic mass is 32.2. The predicted octanol–water partition coefficient (Wildman–Crippen LogP) is 1.73. The first-order valence-corrected chi connectivity index (χ1v) is 9.52. The second kappa shape index (κ2) is 8.46. The number of nitrogens with one attached hydrogen (secondary N) is 1. The molecule has 0 aliphatic carbocycles. The Labute approximate surface area is 143 Å². The molecule has 1 aromatic carbocycles. The summed E-state index contributed by atoms with van der Waals surface area (Å²) in [6.07, 6.45) is 0.733. The molecule has 0 aliphatic heterocycles. The molecule has 2 unspecified atom stereocenters. The number of carbonyl (C=O) groups is 1. The molecule has 4 N–H and O–H groups in total. The van der Waals surface area contributed by atoms with E-state index in [9.17, 15) is 18.3 Å². The molecule has 0 saturated carbocycles. The number of nitrogens with two attached hydrogens (primary N) is 1. The van der Waals surface area contributed by atoms with Gasteiger partial charge < -0.3 is 16.2 Å². The lowest BCUT2D eigenvalue weighted by Crippen LogP contribution is -2.40. The fourth-order valence-electron chi connectivity index (χ4n) is 2.22. The molecule has 136 valence electrons. The van der Waals surface area contributed by atoms with Gasteiger partial charge in [-0.2, -0.15) is 4.31 Å². The van der Waals surface area contributed by atoms with Crippen LogP contribution in [0.4, 0.5) is 5.69 Å². The maximum atomic E-state index is 12.5. The Morgan fingerprint density at radius 3 is 2.38 bits per heavy atom. The maximum absolute atomic E-state index is 12.5. The number of sulfonamides is 1. The minimum absolute atomic E-state index is 0.0106. The first-order valence-electron chi connectivity index (χ1n) is 8.08. The van der Waals surface area contributed by atoms with Gasteiger partial charge in [0, 0.05) is 13.1 Å². The second-order valence-corrected chi connectivity index (χ2v) is 7.61. The van der Waals surface area contributed by atoms with Crippen molar-refractivity contribution in [3.63, 3.8) is 0 Å². The van der Waals surface area contributed by atoms with E-state index in [0.29, 0.717) is 13.1 Å². The summed E-state index contributed by atoms with van der Waals surface area (Å²) in [5.74, 6) is -0.704. The van der Waals surface area contributed by atoms with Crippen molar-refractivity contribution in [3.8, 4) is 5.75 Å². The number of benzene rings is 1. The van der Waals surface area contributed by atoms with Crippen LogP contribution in [0.25, 0.3) is 0 Å². The Morgan fingerprint density at radius 2 is 1.88 bits per heavy atom. The highest BCUT2D eigenvalue weighted by Gasteiger charge is 2.24. The minimum atomic E-state index is -3.68. The molecular weight excluding hydrogens is 330 g/mol. The van der Waals surface area contributed by atoms with Crippen LogP contribution in [0.1, 0.15) is 34.1 Å². The standard InChI is InChI=1S/C16H27N3O4S/c1-5-11(4)15(17)16(21)18-13-10-12(8-9-14(13)20)24(22,23)19(6-2)7-3/h8-11,15,20H,5-7,17H2,1-4H3,(H,18,21). The summed E-state index contributed by atoms with van der Waals surface area (Å²) in [6.45, 7) is 7.93. The monoisotopic (exact) mass is 357 g/mol. The quantitative estimate of drug-likeness (QED) is 0.613. The zero-order valence-electron chi connectivity index (χ0n) is 14.6. The molecule has 8 heteroatoms. The normalized spacial score (nSPS) is 14.4. The van der Waals surface area contributed by atoms with Gasteiger partial charge in [-0.3, -0.25) is 4.79 Å². The Balaban J connectivity index is 3.13. The molecule has 24 heavy (non-hydrogen) atoms. The van der Waals surface area contributed by atoms with Crippen molar-refractivity contribution in [2.75, 3.05) is 18.4 Å². The van der Waals surface area contributed by atoms with Crippen molar-refractivity contribution >= 4 is 21.6 Å². The van der Waals surface area contributed by atoms with Gasteiger partial charge in [0.1, 0.15) is 5.75 Å². The molecule has 2 atom stereocenters. The number of phenolic OH excluding ortho intramolecular Hbond substituents is 1. The van der Waals surface area contributed by atoms with E-state index in [0.717, 1.165) is 6.42 Å². The summed E-state index contributed by atoms with van der Waals surface area (Å²) in [5, 5.41) is 12.4. The van der Waals surface area contributed by atoms with Gasteiger partial charge in [-0.15, -0.1) is 0 Å². The molecule has 1 rings (SSSR count). The van der Waals surface area contributed by atoms with Gasteiger partial charge in [0.25, 0.3) is 0 Å². The number of amides is 1. The predicted molar refractivity (Wildman–Crippen MR) is 94.3 cm³/mol. The van der Waals surface area contributed by atoms with Crippen molar-refractivity contribution in [2.45, 2.75) is 45.1 Å². The first-order chi connectivity index (χ1) is 11.2. The Morgan fingerprint density at radius 1 is 1.29 bits per heavy atom. The first kappa shape index (κ1) is 20.4. The van der Waals surface area contributed by atoms with Crippen LogP contribution in [-0.4, -0.2) is 42.9 Å². The highest BCUT2D eigenvalue weighted by molar-refractivity contribution is 7.89. The maximum Gasteiger partial charge on any atom is 0.243 e. The van der Waals surface area contributed by atoms with Gasteiger partial charge in [0.15, 0.2) is 0 Å². The average Bonchev–Trinajstić information content (AvgIpc) is 2.55. The van der Waals surface area contributed by atoms with Crippen LogP contribution >= 0.6 is 0 Å². The van der Waals surface area contributed by atoms with Gasteiger partial charge in [-0.05, 0) is 24.1 Å². The van der Waals surface area contributed by atoms with Crippen LogP contribution in [0.2, 0.25) is 0 Å². The summed E-state index contributed by atoms with van der Waals surface area (Å²) in [5.41, 5.74) is 5.90. The van der Waals surface area contributed by atoms with Gasteiger partial charge in [0.05, 0.1) is 16.6 Å². The molecule has 0 spiro atoms. The number of carbonyl (C=O) groups excluding carboxylic acids is 1. The number of aromatic hydroxyl groups is 1. The molecule has 1 amide bonds. The molecule has 0 saturated heterocycles. The van der Waals surface area contributed by atoms with Crippen LogP contribution in [-0.2, 0) is 14.8 Å². The highest BCUT2D eigenvalue weighted by Crippen LogP contribution is 2.28. The molecule has 0 fully saturated rings. The minimum Gasteiger partial charge on any atom is -0.506 e. The van der Waals surface area contributed by atoms with Crippen LogP contribution < -0.4 is 11.1 Å². The zero-order chi connectivity index (χ0) is 18.5. The van der Waals surface area contributed by atoms with Crippen molar-refractivity contribution < 1.29 is 18.3 Å². The topological polar surface area (TPSA) is 113 Å². The van der Waals surface area contributed by atoms with Crippen molar-refractivity contribution in [1.82, 2.24) is 4.31 Å². The molecule has 0 radical (unpaired) electrons. The number of hydrogen-bond acceptors (Lipinski definition) is 5. The van der Waals surface area contributed by atoms with Crippen molar-refractivity contribution in [3.05, 3.63) is 18.2 Å². The molecule has 1 aromatic rings. The summed E-state index contributed by atoms with van der Waals surface area (Å²) in [4.78, 5) is 12.2. The number of nitrogens with zero attached hydrogens (tertiary/aromatic N) is 1.